The molecule has 0 bridgehead atoms. The van der Waals surface area contributed by atoms with E-state index < -0.39 is 0 Å². The van der Waals surface area contributed by atoms with Crippen LogP contribution in [0.1, 0.15) is 0 Å². The number of hydrogen-bond donors (Lipinski definition) is 4. The molecule has 0 spiro atoms. The molecule has 0 radical (unpaired) electrons. The van der Waals surface area contributed by atoms with Gasteiger partial charge >= 0.3 is 29.6 Å². The maximum atomic E-state index is 10.2. The van der Waals surface area contributed by atoms with Gasteiger partial charge in [0.25, 0.3) is 5.88 Å². The van der Waals surface area contributed by atoms with Gasteiger partial charge in [0.1, 0.15) is 5.82 Å². The molecule has 0 saturated heterocycles. The summed E-state index contributed by atoms with van der Waals surface area (Å²) in [6.07, 6.45) is 0. The summed E-state index contributed by atoms with van der Waals surface area (Å²) >= 11 is 0. The third-order valence-electron chi connectivity index (χ3n) is 2.13. The number of anilines is 4. The van der Waals surface area contributed by atoms with Gasteiger partial charge in [-0.05, 0) is 5.18 Å². The molecule has 0 amide bonds. The molecule has 0 atom stereocenters. The molecule has 0 aliphatic heterocycles. The van der Waals surface area contributed by atoms with Crippen molar-refractivity contribution in [2.24, 2.45) is 10.5 Å². The number of rotatable bonds is 3. The minimum atomic E-state index is -0.133. The van der Waals surface area contributed by atoms with Gasteiger partial charge in [0, 0.05) is 6.07 Å². The first kappa shape index (κ1) is 25.2. The fourth-order valence-corrected chi connectivity index (χ4v) is 1.26. The third kappa shape index (κ3) is 8.71. The van der Waals surface area contributed by atoms with Crippen molar-refractivity contribution in [2.45, 2.75) is 0 Å². The molecule has 0 aliphatic rings. The fourth-order valence-electron chi connectivity index (χ4n) is 1.26. The van der Waals surface area contributed by atoms with E-state index >= 15 is 0 Å². The zero-order chi connectivity index (χ0) is 19.4. The van der Waals surface area contributed by atoms with Crippen molar-refractivity contribution in [3.8, 4) is 11.8 Å². The zero-order valence-electron chi connectivity index (χ0n) is 14.1. The van der Waals surface area contributed by atoms with Crippen LogP contribution < -0.4 is 62.0 Å². The Balaban J connectivity index is 0. The Kier molecular flexibility index (Phi) is 12.9. The maximum Gasteiger partial charge on any atom is 1.00 e. The van der Waals surface area contributed by atoms with Crippen LogP contribution in [-0.2, 0) is 0 Å². The molecule has 15 nitrogen and oxygen atoms in total. The molecule has 2 aromatic rings. The first-order valence-corrected chi connectivity index (χ1v) is 6.02. The minimum absolute atomic E-state index is 0. The predicted molar refractivity (Wildman–Crippen MR) is 89.4 cm³/mol. The average molecular weight is 378 g/mol. The van der Waals surface area contributed by atoms with Crippen LogP contribution in [0.5, 0.6) is 11.8 Å². The van der Waals surface area contributed by atoms with E-state index in [1.165, 1.54) is 20.3 Å². The second kappa shape index (κ2) is 13.3. The van der Waals surface area contributed by atoms with Gasteiger partial charge in [0.05, 0.1) is 14.2 Å². The van der Waals surface area contributed by atoms with Crippen LogP contribution in [0.15, 0.2) is 16.6 Å². The summed E-state index contributed by atoms with van der Waals surface area (Å²) < 4.78 is 9.46. The summed E-state index contributed by atoms with van der Waals surface area (Å²) in [6, 6.07) is 1.50. The van der Waals surface area contributed by atoms with E-state index in [1.54, 1.807) is 0 Å². The normalized spacial score (nSPS) is 8.38. The first-order chi connectivity index (χ1) is 11.8. The van der Waals surface area contributed by atoms with E-state index in [1.807, 2.05) is 0 Å². The first-order valence-electron chi connectivity index (χ1n) is 6.02. The van der Waals surface area contributed by atoms with Crippen molar-refractivity contribution in [3.63, 3.8) is 0 Å². The molecule has 16 heteroatoms. The van der Waals surface area contributed by atoms with Crippen LogP contribution in [0.2, 0.25) is 0 Å². The second-order valence-corrected chi connectivity index (χ2v) is 3.68. The van der Waals surface area contributed by atoms with Gasteiger partial charge in [-0.15, -0.1) is 10.2 Å². The number of nitrogen functional groups attached to an aromatic ring is 4. The summed E-state index contributed by atoms with van der Waals surface area (Å²) in [4.78, 5) is 32.7. The number of nitrogens with two attached hydrogens (primary N) is 4. The van der Waals surface area contributed by atoms with Crippen molar-refractivity contribution in [1.29, 1.82) is 0 Å². The molecule has 2 rings (SSSR count). The van der Waals surface area contributed by atoms with Crippen LogP contribution in [-0.4, -0.2) is 34.2 Å². The van der Waals surface area contributed by atoms with E-state index in [0.29, 0.717) is 11.7 Å². The minimum Gasteiger partial charge on any atom is -0.481 e. The van der Waals surface area contributed by atoms with Crippen molar-refractivity contribution < 1.29 is 39.0 Å². The van der Waals surface area contributed by atoms with Crippen LogP contribution in [0, 0.1) is 15.0 Å². The smallest absolute Gasteiger partial charge is 0.481 e. The molecule has 0 aliphatic carbocycles. The molecular weight excluding hydrogens is 363 g/mol. The summed E-state index contributed by atoms with van der Waals surface area (Å²) in [6.45, 7) is 0. The molecule has 0 unspecified atom stereocenters. The summed E-state index contributed by atoms with van der Waals surface area (Å²) in [5, 5.41) is 11.6. The monoisotopic (exact) mass is 378 g/mol. The van der Waals surface area contributed by atoms with E-state index in [9.17, 15) is 4.91 Å². The molecule has 136 valence electrons. The van der Waals surface area contributed by atoms with Gasteiger partial charge < -0.3 is 42.5 Å². The van der Waals surface area contributed by atoms with Crippen molar-refractivity contribution in [3.05, 3.63) is 21.1 Å². The van der Waals surface area contributed by atoms with Crippen molar-refractivity contribution >= 4 is 29.2 Å². The van der Waals surface area contributed by atoms with E-state index in [0.717, 1.165) is 5.34 Å². The van der Waals surface area contributed by atoms with Gasteiger partial charge in [-0.3, -0.25) is 0 Å². The van der Waals surface area contributed by atoms with E-state index in [4.69, 9.17) is 42.5 Å². The quantitative estimate of drug-likeness (QED) is 0.235. The van der Waals surface area contributed by atoms with Gasteiger partial charge in [0.15, 0.2) is 5.82 Å². The molecular formula is C10H15N10NaO5. The molecule has 0 aromatic carbocycles. The Morgan fingerprint density at radius 2 is 1.50 bits per heavy atom. The summed E-state index contributed by atoms with van der Waals surface area (Å²) in [5.41, 5.74) is 21.0. The summed E-state index contributed by atoms with van der Waals surface area (Å²) in [5.74, 6) is 0.646. The van der Waals surface area contributed by atoms with E-state index in [-0.39, 0.29) is 58.8 Å². The number of nitroso groups, excluding NO2 is 1. The third-order valence-corrected chi connectivity index (χ3v) is 2.13. The van der Waals surface area contributed by atoms with E-state index in [2.05, 4.69) is 25.1 Å². The predicted octanol–water partition coefficient (Wildman–Crippen LogP) is -3.05. The second-order valence-electron chi connectivity index (χ2n) is 3.68. The van der Waals surface area contributed by atoms with Crippen LogP contribution in [0.4, 0.5) is 29.2 Å². The molecule has 0 fully saturated rings. The number of aromatic nitrogens is 4. The fraction of sp³-hybridized carbons (Fsp3) is 0.200. The van der Waals surface area contributed by atoms with Crippen molar-refractivity contribution in [2.75, 3.05) is 37.2 Å². The largest absolute Gasteiger partial charge is 1.00 e. The number of nitrogens with zero attached hydrogens (tertiary/aromatic N) is 6. The molecule has 0 saturated carbocycles. The maximum absolute atomic E-state index is 10.2. The molecule has 26 heavy (non-hydrogen) atoms. The van der Waals surface area contributed by atoms with Gasteiger partial charge in [-0.2, -0.15) is 19.9 Å². The zero-order valence-corrected chi connectivity index (χ0v) is 16.1. The van der Waals surface area contributed by atoms with Crippen LogP contribution in [0.25, 0.3) is 0 Å². The number of ether oxygens (including phenoxy) is 2. The van der Waals surface area contributed by atoms with Gasteiger partial charge in [0.2, 0.25) is 23.5 Å². The number of methoxy groups -OCH3 is 2. The number of hydrogen-bond acceptors (Lipinski definition) is 15. The average Bonchev–Trinajstić information content (AvgIpc) is 2.54. The molecule has 2 aromatic heterocycles. The molecule has 8 N–H and O–H groups in total. The van der Waals surface area contributed by atoms with Gasteiger partial charge in [-0.25, -0.2) is 0 Å². The Labute approximate surface area is 168 Å². The Morgan fingerprint density at radius 3 is 1.92 bits per heavy atom. The Morgan fingerprint density at radius 1 is 0.962 bits per heavy atom. The standard InChI is InChI=1S/C5H7N5O2.C5H8N4O.HNO2.Na/c1-12-4-2(10-11)3(6)8-5(7)9-4;1-10-4-2-3(6)8-5(7)9-4;2-1-3;/h1H3,(H4,6,7,8,9);2H,1H3,(H4,6,7,8,9);(H,2,3);/q;;;+1/p-1. The van der Waals surface area contributed by atoms with Crippen molar-refractivity contribution in [1.82, 2.24) is 19.9 Å². The van der Waals surface area contributed by atoms with Crippen LogP contribution >= 0.6 is 0 Å². The van der Waals surface area contributed by atoms with Gasteiger partial charge in [-0.1, -0.05) is 0 Å². The topological polar surface area (TPSA) is 256 Å². The SMILES string of the molecule is COc1cc(N)nc(N)n1.COc1nc(N)nc(N)c1N=O.O=N[O-].[Na+]. The van der Waals surface area contributed by atoms with Crippen LogP contribution in [0.3, 0.4) is 0 Å². The Hall–Kier alpha value is -3.04. The summed E-state index contributed by atoms with van der Waals surface area (Å²) in [7, 11) is 2.82. The molecule has 2 heterocycles. The Bertz CT molecular complexity index is 699.